The fraction of sp³-hybridized carbons (Fsp3) is 0.290. The maximum absolute atomic E-state index is 10.0. The lowest BCUT2D eigenvalue weighted by molar-refractivity contribution is -0.134. The summed E-state index contributed by atoms with van der Waals surface area (Å²) in [5.41, 5.74) is 4.88. The smallest absolute Gasteiger partial charge is 0.300 e. The molecule has 0 saturated carbocycles. The summed E-state index contributed by atoms with van der Waals surface area (Å²) in [6, 6.07) is 20.4. The average Bonchev–Trinajstić information content (AvgIpc) is 3.60. The highest BCUT2D eigenvalue weighted by Crippen LogP contribution is 2.43. The number of rotatable bonds is 4. The second-order valence-electron chi connectivity index (χ2n) is 10.6. The summed E-state index contributed by atoms with van der Waals surface area (Å²) in [6.45, 7) is 2.75. The van der Waals surface area contributed by atoms with Crippen LogP contribution in [0, 0.1) is 0 Å². The Morgan fingerprint density at radius 1 is 0.976 bits per heavy atom. The molecule has 3 aliphatic rings. The molecule has 4 aromatic rings. The number of para-hydroxylation sites is 1. The number of aromatic amines is 1. The maximum Gasteiger partial charge on any atom is 0.300 e. The Morgan fingerprint density at radius 2 is 1.74 bits per heavy atom. The predicted molar refractivity (Wildman–Crippen MR) is 159 cm³/mol. The zero-order valence-corrected chi connectivity index (χ0v) is 23.0. The molecular weight excluding hydrogens is 536 g/mol. The van der Waals surface area contributed by atoms with Gasteiger partial charge in [-0.15, -0.1) is 0 Å². The molecule has 11 heteroatoms. The number of aromatic nitrogens is 2. The van der Waals surface area contributed by atoms with Gasteiger partial charge < -0.3 is 35.7 Å². The number of β-amino-alcohol motifs (C(OH)–C–C–N with tert-alkyl or cyclic N) is 2. The third-order valence-electron chi connectivity index (χ3n) is 7.41. The average molecular weight is 569 g/mol. The summed E-state index contributed by atoms with van der Waals surface area (Å²) >= 11 is 0. The molecule has 6 N–H and O–H groups in total. The number of aliphatic carboxylic acids is 1. The van der Waals surface area contributed by atoms with E-state index in [1.165, 1.54) is 0 Å². The second-order valence-corrected chi connectivity index (χ2v) is 10.6. The van der Waals surface area contributed by atoms with Gasteiger partial charge >= 0.3 is 0 Å². The van der Waals surface area contributed by atoms with E-state index in [4.69, 9.17) is 14.6 Å². The van der Waals surface area contributed by atoms with Crippen LogP contribution < -0.4 is 15.4 Å². The fourth-order valence-corrected chi connectivity index (χ4v) is 5.44. The molecule has 0 saturated heterocycles. The molecule has 3 atom stereocenters. The molecule has 0 radical (unpaired) electrons. The highest BCUT2D eigenvalue weighted by Gasteiger charge is 2.47. The van der Waals surface area contributed by atoms with Crippen LogP contribution in [-0.4, -0.2) is 81.3 Å². The number of aliphatic hydroxyl groups excluding tert-OH is 2. The van der Waals surface area contributed by atoms with Gasteiger partial charge in [-0.25, -0.2) is 0 Å². The number of ether oxygens (including phenoxy) is 1. The van der Waals surface area contributed by atoms with Crippen LogP contribution in [-0.2, 0) is 16.8 Å². The van der Waals surface area contributed by atoms with Gasteiger partial charge in [0.25, 0.3) is 5.97 Å². The molecule has 42 heavy (non-hydrogen) atoms. The van der Waals surface area contributed by atoms with Crippen LogP contribution in [0.25, 0.3) is 22.3 Å². The van der Waals surface area contributed by atoms with Gasteiger partial charge in [0, 0.05) is 54.7 Å². The summed E-state index contributed by atoms with van der Waals surface area (Å²) in [5, 5.41) is 34.8. The van der Waals surface area contributed by atoms with E-state index in [2.05, 4.69) is 60.9 Å². The van der Waals surface area contributed by atoms with Gasteiger partial charge in [0.1, 0.15) is 17.4 Å². The molecule has 2 aromatic heterocycles. The predicted octanol–water partition coefficient (Wildman–Crippen LogP) is 2.22. The number of aliphatic imine (C=N–C) groups is 2. The minimum Gasteiger partial charge on any atom is -0.481 e. The zero-order chi connectivity index (χ0) is 29.3. The summed E-state index contributed by atoms with van der Waals surface area (Å²) < 4.78 is 6.64. The van der Waals surface area contributed by atoms with Crippen LogP contribution in [0.2, 0.25) is 0 Å². The van der Waals surface area contributed by atoms with Crippen LogP contribution in [0.15, 0.2) is 76.8 Å². The Labute approximate surface area is 242 Å². The van der Waals surface area contributed by atoms with E-state index in [1.807, 2.05) is 30.3 Å². The van der Waals surface area contributed by atoms with E-state index in [1.54, 1.807) is 6.20 Å². The van der Waals surface area contributed by atoms with Crippen LogP contribution in [0.4, 0.5) is 0 Å². The molecule has 5 heterocycles. The largest absolute Gasteiger partial charge is 0.481 e. The van der Waals surface area contributed by atoms with Crippen molar-refractivity contribution in [3.8, 4) is 17.1 Å². The van der Waals surface area contributed by atoms with Crippen molar-refractivity contribution in [1.82, 2.24) is 20.6 Å². The minimum absolute atomic E-state index is 0.338. The highest BCUT2D eigenvalue weighted by atomic mass is 16.5. The number of amidine groups is 2. The van der Waals surface area contributed by atoms with Crippen molar-refractivity contribution in [2.24, 2.45) is 9.98 Å². The van der Waals surface area contributed by atoms with Gasteiger partial charge in [0.2, 0.25) is 0 Å². The van der Waals surface area contributed by atoms with E-state index >= 15 is 0 Å². The van der Waals surface area contributed by atoms with Crippen molar-refractivity contribution in [3.63, 3.8) is 0 Å². The number of hydrogen-bond acceptors (Lipinski definition) is 9. The normalized spacial score (nSPS) is 22.8. The zero-order valence-electron chi connectivity index (χ0n) is 23.0. The molecule has 7 rings (SSSR count). The van der Waals surface area contributed by atoms with E-state index in [-0.39, 0.29) is 0 Å². The molecule has 3 aliphatic heterocycles. The molecule has 216 valence electrons. The quantitative estimate of drug-likeness (QED) is 0.218. The number of aliphatic hydroxyl groups is 2. The van der Waals surface area contributed by atoms with Crippen LogP contribution >= 0.6 is 0 Å². The number of carboxylic acid groups (broad SMARTS) is 1. The van der Waals surface area contributed by atoms with Gasteiger partial charge in [-0.05, 0) is 35.9 Å². The summed E-state index contributed by atoms with van der Waals surface area (Å²) in [5.74, 6) is 1.52. The third-order valence-corrected chi connectivity index (χ3v) is 7.41. The maximum atomic E-state index is 10.0. The first kappa shape index (κ1) is 27.4. The first-order valence-corrected chi connectivity index (χ1v) is 13.8. The molecule has 0 aliphatic carbocycles. The Bertz CT molecular complexity index is 1670. The molecular formula is C31H32N6O5. The molecule has 0 fully saturated rings. The molecule has 3 unspecified atom stereocenters. The van der Waals surface area contributed by atoms with E-state index in [0.717, 1.165) is 63.3 Å². The number of pyridine rings is 1. The molecule has 2 aromatic carbocycles. The second kappa shape index (κ2) is 11.3. The number of H-pyrrole nitrogens is 1. The monoisotopic (exact) mass is 568 g/mol. The number of carboxylic acids is 1. The Hall–Kier alpha value is -4.74. The number of nitrogens with zero attached hydrogens (tertiary/aromatic N) is 3. The van der Waals surface area contributed by atoms with E-state index in [0.29, 0.717) is 32.6 Å². The van der Waals surface area contributed by atoms with Crippen molar-refractivity contribution in [3.05, 3.63) is 83.6 Å². The van der Waals surface area contributed by atoms with Crippen molar-refractivity contribution in [2.75, 3.05) is 26.2 Å². The Morgan fingerprint density at radius 3 is 2.45 bits per heavy atom. The minimum atomic E-state index is -0.833. The van der Waals surface area contributed by atoms with E-state index in [9.17, 15) is 10.2 Å². The number of nitrogens with one attached hydrogen (secondary N) is 3. The summed E-state index contributed by atoms with van der Waals surface area (Å²) in [6.07, 6.45) is 1.48. The topological polar surface area (TPSA) is 164 Å². The fourth-order valence-electron chi connectivity index (χ4n) is 5.44. The summed E-state index contributed by atoms with van der Waals surface area (Å²) in [7, 11) is 0. The number of carbonyl (C=O) groups is 1. The van der Waals surface area contributed by atoms with Gasteiger partial charge in [0.15, 0.2) is 5.60 Å². The standard InChI is InChI=1S/C29H28N6O3.C2H4O2/c36-21-13-31-27(32-14-21)18-6-5-17-9-25(35-23(17)10-18)24-11-20(7-8-30-24)29(28-33-15-22(37)16-34-28)12-19-3-1-2-4-26(19)38-29;1-2(3)4/h1-11,21-22,35-37H,12-16H2,(H,31,32)(H,33,34);1H3,(H,3,4). The first-order chi connectivity index (χ1) is 20.3. The van der Waals surface area contributed by atoms with Gasteiger partial charge in [-0.1, -0.05) is 30.3 Å². The lowest BCUT2D eigenvalue weighted by Crippen LogP contribution is -2.53. The molecule has 0 bridgehead atoms. The first-order valence-electron chi connectivity index (χ1n) is 13.8. The third kappa shape index (κ3) is 5.44. The molecule has 11 nitrogen and oxygen atoms in total. The van der Waals surface area contributed by atoms with Crippen molar-refractivity contribution >= 4 is 28.5 Å². The Balaban J connectivity index is 0.000000744. The van der Waals surface area contributed by atoms with Crippen molar-refractivity contribution in [1.29, 1.82) is 0 Å². The lowest BCUT2D eigenvalue weighted by atomic mass is 9.87. The van der Waals surface area contributed by atoms with Crippen molar-refractivity contribution in [2.45, 2.75) is 31.2 Å². The highest BCUT2D eigenvalue weighted by molar-refractivity contribution is 6.02. The molecule has 0 spiro atoms. The lowest BCUT2D eigenvalue weighted by Gasteiger charge is -2.34. The number of hydrogen-bond donors (Lipinski definition) is 6. The summed E-state index contributed by atoms with van der Waals surface area (Å²) in [4.78, 5) is 26.4. The van der Waals surface area contributed by atoms with E-state index < -0.39 is 23.8 Å². The van der Waals surface area contributed by atoms with Crippen LogP contribution in [0.3, 0.4) is 0 Å². The van der Waals surface area contributed by atoms with Gasteiger partial charge in [-0.3, -0.25) is 19.8 Å². The van der Waals surface area contributed by atoms with Crippen LogP contribution in [0.1, 0.15) is 23.6 Å². The SMILES string of the molecule is CC(=O)O.OC1CN=C(c2ccc3cc(-c4cc(C5(C6=NCC(O)CN6)Cc6ccccc6O5)ccn4)[nH]c3c2)NC1. The van der Waals surface area contributed by atoms with Crippen molar-refractivity contribution < 1.29 is 24.9 Å². The Kier molecular flexibility index (Phi) is 7.36. The molecule has 0 amide bonds. The van der Waals surface area contributed by atoms with Gasteiger partial charge in [0.05, 0.1) is 36.7 Å². The van der Waals surface area contributed by atoms with Gasteiger partial charge in [-0.2, -0.15) is 0 Å². The number of fused-ring (bicyclic) bond motifs is 2. The number of benzene rings is 2. The van der Waals surface area contributed by atoms with Crippen LogP contribution in [0.5, 0.6) is 5.75 Å².